The second-order valence-electron chi connectivity index (χ2n) is 8.37. The van der Waals surface area contributed by atoms with Crippen LogP contribution in [0.4, 0.5) is 10.5 Å². The first kappa shape index (κ1) is 24.5. The SMILES string of the molecule is COc1ccc(NC(=O)N[C@H]2CC[C@@H](CCn3cc(-c4ccc(OC)cc4)nn3)O[C@@H]2CO)cc1. The van der Waals surface area contributed by atoms with Crippen molar-refractivity contribution in [3.05, 3.63) is 54.7 Å². The third-order valence-corrected chi connectivity index (χ3v) is 6.06. The van der Waals surface area contributed by atoms with Crippen molar-refractivity contribution in [3.63, 3.8) is 0 Å². The Bertz CT molecular complexity index is 1090. The lowest BCUT2D eigenvalue weighted by Gasteiger charge is -2.36. The van der Waals surface area contributed by atoms with E-state index in [1.807, 2.05) is 30.5 Å². The molecule has 3 N–H and O–H groups in total. The quantitative estimate of drug-likeness (QED) is 0.430. The minimum atomic E-state index is -0.471. The molecule has 0 bridgehead atoms. The maximum atomic E-state index is 12.4. The summed E-state index contributed by atoms with van der Waals surface area (Å²) in [4.78, 5) is 12.4. The van der Waals surface area contributed by atoms with Crippen LogP contribution in [0.3, 0.4) is 0 Å². The molecule has 0 aliphatic carbocycles. The number of aliphatic hydroxyl groups is 1. The number of urea groups is 1. The lowest BCUT2D eigenvalue weighted by molar-refractivity contribution is -0.0905. The van der Waals surface area contributed by atoms with Crippen LogP contribution in [0.1, 0.15) is 19.3 Å². The number of rotatable bonds is 9. The average molecular weight is 482 g/mol. The fourth-order valence-electron chi connectivity index (χ4n) is 4.10. The number of hydrogen-bond acceptors (Lipinski definition) is 7. The zero-order chi connectivity index (χ0) is 24.6. The van der Waals surface area contributed by atoms with Crippen LogP contribution in [0.25, 0.3) is 11.3 Å². The van der Waals surface area contributed by atoms with Gasteiger partial charge in [0.05, 0.1) is 39.2 Å². The van der Waals surface area contributed by atoms with Gasteiger partial charge < -0.3 is 30.0 Å². The van der Waals surface area contributed by atoms with E-state index in [1.165, 1.54) is 0 Å². The second kappa shape index (κ2) is 11.7. The van der Waals surface area contributed by atoms with Crippen molar-refractivity contribution in [1.82, 2.24) is 20.3 Å². The Kier molecular flexibility index (Phi) is 8.17. The molecule has 10 heteroatoms. The number of nitrogens with zero attached hydrogens (tertiary/aromatic N) is 3. The highest BCUT2D eigenvalue weighted by molar-refractivity contribution is 5.89. The second-order valence-corrected chi connectivity index (χ2v) is 8.37. The van der Waals surface area contributed by atoms with E-state index in [0.29, 0.717) is 24.4 Å². The van der Waals surface area contributed by atoms with E-state index < -0.39 is 6.10 Å². The highest BCUT2D eigenvalue weighted by Crippen LogP contribution is 2.24. The molecule has 0 saturated carbocycles. The van der Waals surface area contributed by atoms with Crippen LogP contribution in [0.5, 0.6) is 11.5 Å². The first-order chi connectivity index (χ1) is 17.1. The van der Waals surface area contributed by atoms with E-state index in [2.05, 4.69) is 20.9 Å². The molecule has 1 aliphatic heterocycles. The molecule has 186 valence electrons. The number of carbonyl (C=O) groups is 1. The normalized spacial score (nSPS) is 19.7. The minimum Gasteiger partial charge on any atom is -0.497 e. The molecule has 2 amide bonds. The largest absolute Gasteiger partial charge is 0.497 e. The van der Waals surface area contributed by atoms with Gasteiger partial charge in [-0.2, -0.15) is 0 Å². The summed E-state index contributed by atoms with van der Waals surface area (Å²) in [7, 11) is 3.22. The van der Waals surface area contributed by atoms with Crippen LogP contribution >= 0.6 is 0 Å². The number of aliphatic hydroxyl groups excluding tert-OH is 1. The Morgan fingerprint density at radius 3 is 2.43 bits per heavy atom. The maximum Gasteiger partial charge on any atom is 0.319 e. The molecule has 2 aromatic carbocycles. The molecule has 1 saturated heterocycles. The van der Waals surface area contributed by atoms with E-state index in [-0.39, 0.29) is 24.8 Å². The number of nitrogens with one attached hydrogen (secondary N) is 2. The van der Waals surface area contributed by atoms with E-state index in [4.69, 9.17) is 14.2 Å². The average Bonchev–Trinajstić information content (AvgIpc) is 3.37. The van der Waals surface area contributed by atoms with Crippen LogP contribution in [-0.2, 0) is 11.3 Å². The lowest BCUT2D eigenvalue weighted by atomic mass is 9.97. The van der Waals surface area contributed by atoms with E-state index in [0.717, 1.165) is 29.8 Å². The van der Waals surface area contributed by atoms with Crippen molar-refractivity contribution in [3.8, 4) is 22.8 Å². The highest BCUT2D eigenvalue weighted by Gasteiger charge is 2.31. The van der Waals surface area contributed by atoms with E-state index in [1.54, 1.807) is 43.2 Å². The van der Waals surface area contributed by atoms with Gasteiger partial charge in [0.2, 0.25) is 0 Å². The van der Waals surface area contributed by atoms with Crippen LogP contribution in [0.15, 0.2) is 54.7 Å². The first-order valence-electron chi connectivity index (χ1n) is 11.6. The number of benzene rings is 2. The molecule has 1 aromatic heterocycles. The summed E-state index contributed by atoms with van der Waals surface area (Å²) in [5.41, 5.74) is 2.41. The molecule has 2 heterocycles. The zero-order valence-electron chi connectivity index (χ0n) is 19.9. The molecule has 35 heavy (non-hydrogen) atoms. The molecule has 3 aromatic rings. The topological polar surface area (TPSA) is 120 Å². The number of carbonyl (C=O) groups excluding carboxylic acids is 1. The van der Waals surface area contributed by atoms with Gasteiger partial charge >= 0.3 is 6.03 Å². The summed E-state index contributed by atoms with van der Waals surface area (Å²) in [6.07, 6.45) is 3.60. The van der Waals surface area contributed by atoms with Crippen LogP contribution in [0, 0.1) is 0 Å². The highest BCUT2D eigenvalue weighted by atomic mass is 16.5. The molecule has 0 radical (unpaired) electrons. The van der Waals surface area contributed by atoms with Crippen molar-refractivity contribution in [2.75, 3.05) is 26.1 Å². The van der Waals surface area contributed by atoms with Gasteiger partial charge in [-0.05, 0) is 67.8 Å². The number of aryl methyl sites for hydroxylation is 1. The Morgan fingerprint density at radius 2 is 1.77 bits per heavy atom. The zero-order valence-corrected chi connectivity index (χ0v) is 19.9. The Labute approximate surface area is 204 Å². The number of anilines is 1. The molecule has 10 nitrogen and oxygen atoms in total. The molecule has 1 aliphatic rings. The summed E-state index contributed by atoms with van der Waals surface area (Å²) >= 11 is 0. The first-order valence-corrected chi connectivity index (χ1v) is 11.6. The van der Waals surface area contributed by atoms with E-state index >= 15 is 0 Å². The van der Waals surface area contributed by atoms with Gasteiger partial charge in [0, 0.05) is 17.8 Å². The lowest BCUT2D eigenvalue weighted by Crippen LogP contribution is -2.52. The summed E-state index contributed by atoms with van der Waals surface area (Å²) in [5, 5.41) is 24.0. The number of hydrogen-bond donors (Lipinski definition) is 3. The fourth-order valence-corrected chi connectivity index (χ4v) is 4.10. The molecule has 3 atom stereocenters. The summed E-state index contributed by atoms with van der Waals surface area (Å²) in [6.45, 7) is 0.469. The van der Waals surface area contributed by atoms with Gasteiger partial charge in [0.25, 0.3) is 0 Å². The van der Waals surface area contributed by atoms with Gasteiger partial charge in [0.15, 0.2) is 0 Å². The smallest absolute Gasteiger partial charge is 0.319 e. The van der Waals surface area contributed by atoms with Gasteiger partial charge in [-0.25, -0.2) is 4.79 Å². The fraction of sp³-hybridized carbons (Fsp3) is 0.400. The number of aromatic nitrogens is 3. The molecule has 0 spiro atoms. The van der Waals surface area contributed by atoms with Crippen LogP contribution < -0.4 is 20.1 Å². The third kappa shape index (κ3) is 6.49. The molecule has 1 fully saturated rings. The summed E-state index contributed by atoms with van der Waals surface area (Å²) in [6, 6.07) is 14.1. The van der Waals surface area contributed by atoms with Crippen molar-refractivity contribution in [1.29, 1.82) is 0 Å². The summed E-state index contributed by atoms with van der Waals surface area (Å²) in [5.74, 6) is 1.51. The van der Waals surface area contributed by atoms with Gasteiger partial charge in [-0.3, -0.25) is 4.68 Å². The monoisotopic (exact) mass is 481 g/mol. The van der Waals surface area contributed by atoms with Crippen LogP contribution in [-0.4, -0.2) is 65.2 Å². The standard InChI is InChI=1S/C25H31N5O5/c1-33-19-7-3-17(4-8-19)23-15-30(29-28-23)14-13-21-11-12-22(24(16-31)35-21)27-25(32)26-18-5-9-20(34-2)10-6-18/h3-10,15,21-22,24,31H,11-14,16H2,1-2H3,(H2,26,27,32)/t21-,22-,24+/m0/s1. The Morgan fingerprint density at radius 1 is 1.09 bits per heavy atom. The molecule has 4 rings (SSSR count). The van der Waals surface area contributed by atoms with Crippen molar-refractivity contribution < 1.29 is 24.1 Å². The molecular formula is C25H31N5O5. The summed E-state index contributed by atoms with van der Waals surface area (Å²) < 4.78 is 18.2. The van der Waals surface area contributed by atoms with Gasteiger partial charge in [-0.15, -0.1) is 5.10 Å². The van der Waals surface area contributed by atoms with Crippen molar-refractivity contribution >= 4 is 11.7 Å². The number of methoxy groups -OCH3 is 2. The van der Waals surface area contributed by atoms with Crippen LogP contribution in [0.2, 0.25) is 0 Å². The minimum absolute atomic E-state index is 0.0384. The number of ether oxygens (including phenoxy) is 3. The number of amides is 2. The Hall–Kier alpha value is -3.63. The van der Waals surface area contributed by atoms with Crippen molar-refractivity contribution in [2.24, 2.45) is 0 Å². The molecular weight excluding hydrogens is 450 g/mol. The Balaban J connectivity index is 1.25. The predicted octanol–water partition coefficient (Wildman–Crippen LogP) is 3.08. The maximum absolute atomic E-state index is 12.4. The van der Waals surface area contributed by atoms with E-state index in [9.17, 15) is 9.90 Å². The molecule has 0 unspecified atom stereocenters. The van der Waals surface area contributed by atoms with Gasteiger partial charge in [-0.1, -0.05) is 5.21 Å². The third-order valence-electron chi connectivity index (χ3n) is 6.06. The van der Waals surface area contributed by atoms with Gasteiger partial charge in [0.1, 0.15) is 23.3 Å². The van der Waals surface area contributed by atoms with Crippen molar-refractivity contribution in [2.45, 2.75) is 44.1 Å². The predicted molar refractivity (Wildman–Crippen MR) is 131 cm³/mol.